The quantitative estimate of drug-likeness (QED) is 0.909. The van der Waals surface area contributed by atoms with E-state index in [1.165, 1.54) is 0 Å². The van der Waals surface area contributed by atoms with E-state index in [0.717, 1.165) is 34.6 Å². The second kappa shape index (κ2) is 6.39. The number of nitrogens with zero attached hydrogens (tertiary/aromatic N) is 1. The molecule has 1 atom stereocenters. The Hall–Kier alpha value is -2.07. The van der Waals surface area contributed by atoms with Crippen LogP contribution >= 0.6 is 0 Å². The number of hydrogen-bond donors (Lipinski definition) is 1. The van der Waals surface area contributed by atoms with E-state index in [2.05, 4.69) is 11.9 Å². The van der Waals surface area contributed by atoms with Gasteiger partial charge in [-0.05, 0) is 35.7 Å². The van der Waals surface area contributed by atoms with E-state index in [-0.39, 0.29) is 6.04 Å². The van der Waals surface area contributed by atoms with Crippen LogP contribution in [-0.2, 0) is 6.42 Å². The van der Waals surface area contributed by atoms with Gasteiger partial charge < -0.3 is 15.2 Å². The Morgan fingerprint density at radius 3 is 2.60 bits per heavy atom. The first-order chi connectivity index (χ1) is 9.71. The third-order valence-electron chi connectivity index (χ3n) is 3.43. The molecule has 0 aliphatic rings. The number of aromatic nitrogens is 1. The molecule has 4 heteroatoms. The summed E-state index contributed by atoms with van der Waals surface area (Å²) < 4.78 is 10.6. The molecule has 4 nitrogen and oxygen atoms in total. The van der Waals surface area contributed by atoms with Crippen LogP contribution in [0.3, 0.4) is 0 Å². The van der Waals surface area contributed by atoms with Gasteiger partial charge in [0.25, 0.3) is 0 Å². The van der Waals surface area contributed by atoms with Crippen molar-refractivity contribution in [1.29, 1.82) is 0 Å². The molecule has 2 N–H and O–H groups in total. The number of aryl methyl sites for hydroxylation is 1. The summed E-state index contributed by atoms with van der Waals surface area (Å²) in [4.78, 5) is 4.16. The summed E-state index contributed by atoms with van der Waals surface area (Å²) in [6.07, 6.45) is 4.53. The topological polar surface area (TPSA) is 57.4 Å². The van der Waals surface area contributed by atoms with E-state index in [9.17, 15) is 0 Å². The van der Waals surface area contributed by atoms with Gasteiger partial charge in [-0.15, -0.1) is 0 Å². The third kappa shape index (κ3) is 2.75. The molecule has 0 saturated carbocycles. The third-order valence-corrected chi connectivity index (χ3v) is 3.43. The van der Waals surface area contributed by atoms with Gasteiger partial charge in [0.05, 0.1) is 20.3 Å². The molecular weight excluding hydrogens is 252 g/mol. The van der Waals surface area contributed by atoms with Crippen molar-refractivity contribution in [3.63, 3.8) is 0 Å². The standard InChI is InChI=1S/C16H20N2O2/c1-4-11-10-18-8-7-13(11)16(17)14-6-5-12(19-2)9-15(14)20-3/h5-10,16H,4,17H2,1-3H3. The zero-order valence-corrected chi connectivity index (χ0v) is 12.1. The minimum absolute atomic E-state index is 0.242. The number of benzene rings is 1. The van der Waals surface area contributed by atoms with Gasteiger partial charge in [-0.3, -0.25) is 4.98 Å². The molecule has 0 radical (unpaired) electrons. The normalized spacial score (nSPS) is 12.0. The van der Waals surface area contributed by atoms with E-state index in [1.807, 2.05) is 30.5 Å². The lowest BCUT2D eigenvalue weighted by molar-refractivity contribution is 0.390. The first-order valence-corrected chi connectivity index (χ1v) is 6.61. The average Bonchev–Trinajstić information content (AvgIpc) is 2.53. The molecule has 2 aromatic rings. The molecule has 1 aromatic heterocycles. The maximum absolute atomic E-state index is 6.41. The Kier molecular flexibility index (Phi) is 4.58. The SMILES string of the molecule is CCc1cnccc1C(N)c1ccc(OC)cc1OC. The number of nitrogens with two attached hydrogens (primary N) is 1. The summed E-state index contributed by atoms with van der Waals surface area (Å²) in [5, 5.41) is 0. The van der Waals surface area contributed by atoms with Gasteiger partial charge in [0.1, 0.15) is 11.5 Å². The minimum Gasteiger partial charge on any atom is -0.497 e. The molecule has 0 amide bonds. The van der Waals surface area contributed by atoms with Crippen LogP contribution in [0.2, 0.25) is 0 Å². The summed E-state index contributed by atoms with van der Waals surface area (Å²) >= 11 is 0. The zero-order chi connectivity index (χ0) is 14.5. The zero-order valence-electron chi connectivity index (χ0n) is 12.1. The van der Waals surface area contributed by atoms with Gasteiger partial charge in [-0.2, -0.15) is 0 Å². The van der Waals surface area contributed by atoms with Gasteiger partial charge >= 0.3 is 0 Å². The monoisotopic (exact) mass is 272 g/mol. The van der Waals surface area contributed by atoms with Gasteiger partial charge in [0.2, 0.25) is 0 Å². The molecule has 1 heterocycles. The maximum atomic E-state index is 6.41. The number of hydrogen-bond acceptors (Lipinski definition) is 4. The second-order valence-corrected chi connectivity index (χ2v) is 4.51. The first kappa shape index (κ1) is 14.3. The maximum Gasteiger partial charge on any atom is 0.127 e. The van der Waals surface area contributed by atoms with Crippen LogP contribution < -0.4 is 15.2 Å². The largest absolute Gasteiger partial charge is 0.497 e. The van der Waals surface area contributed by atoms with Crippen molar-refractivity contribution in [3.05, 3.63) is 53.3 Å². The number of rotatable bonds is 5. The van der Waals surface area contributed by atoms with Gasteiger partial charge in [0, 0.05) is 24.0 Å². The fourth-order valence-electron chi connectivity index (χ4n) is 2.28. The Morgan fingerprint density at radius 2 is 1.95 bits per heavy atom. The molecule has 0 saturated heterocycles. The Bertz CT molecular complexity index is 584. The van der Waals surface area contributed by atoms with Crippen LogP contribution in [0.5, 0.6) is 11.5 Å². The van der Waals surface area contributed by atoms with Crippen LogP contribution in [0.1, 0.15) is 29.7 Å². The smallest absolute Gasteiger partial charge is 0.127 e. The van der Waals surface area contributed by atoms with Crippen LogP contribution in [-0.4, -0.2) is 19.2 Å². The summed E-state index contributed by atoms with van der Waals surface area (Å²) in [7, 11) is 3.27. The lowest BCUT2D eigenvalue weighted by atomic mass is 9.95. The number of pyridine rings is 1. The highest BCUT2D eigenvalue weighted by Crippen LogP contribution is 2.32. The molecule has 2 rings (SSSR count). The van der Waals surface area contributed by atoms with Crippen molar-refractivity contribution in [2.45, 2.75) is 19.4 Å². The van der Waals surface area contributed by atoms with Gasteiger partial charge in [-0.1, -0.05) is 6.92 Å². The minimum atomic E-state index is -0.242. The summed E-state index contributed by atoms with van der Waals surface area (Å²) in [6.45, 7) is 2.10. The van der Waals surface area contributed by atoms with Crippen molar-refractivity contribution in [2.24, 2.45) is 5.73 Å². The van der Waals surface area contributed by atoms with Gasteiger partial charge in [-0.25, -0.2) is 0 Å². The molecule has 0 bridgehead atoms. The predicted molar refractivity (Wildman–Crippen MR) is 79.2 cm³/mol. The highest BCUT2D eigenvalue weighted by molar-refractivity contribution is 5.46. The highest BCUT2D eigenvalue weighted by Gasteiger charge is 2.17. The fraction of sp³-hybridized carbons (Fsp3) is 0.312. The Morgan fingerprint density at radius 1 is 1.15 bits per heavy atom. The molecular formula is C16H20N2O2. The average molecular weight is 272 g/mol. The van der Waals surface area contributed by atoms with Crippen LogP contribution in [0.4, 0.5) is 0 Å². The summed E-state index contributed by atoms with van der Waals surface area (Å²) in [5.41, 5.74) is 9.58. The summed E-state index contributed by atoms with van der Waals surface area (Å²) in [6, 6.07) is 7.41. The first-order valence-electron chi connectivity index (χ1n) is 6.61. The van der Waals surface area contributed by atoms with E-state index in [0.29, 0.717) is 0 Å². The molecule has 0 fully saturated rings. The number of ether oxygens (including phenoxy) is 2. The Labute approximate surface area is 119 Å². The lowest BCUT2D eigenvalue weighted by Gasteiger charge is -2.19. The molecule has 0 aliphatic heterocycles. The van der Waals surface area contributed by atoms with Crippen molar-refractivity contribution in [2.75, 3.05) is 14.2 Å². The molecule has 0 aliphatic carbocycles. The van der Waals surface area contributed by atoms with E-state index < -0.39 is 0 Å². The van der Waals surface area contributed by atoms with Crippen LogP contribution in [0.15, 0.2) is 36.7 Å². The fourth-order valence-corrected chi connectivity index (χ4v) is 2.28. The summed E-state index contributed by atoms with van der Waals surface area (Å²) in [5.74, 6) is 1.49. The molecule has 1 unspecified atom stereocenters. The van der Waals surface area contributed by atoms with Crippen molar-refractivity contribution in [1.82, 2.24) is 4.98 Å². The Balaban J connectivity index is 2.45. The van der Waals surface area contributed by atoms with E-state index in [1.54, 1.807) is 20.4 Å². The molecule has 0 spiro atoms. The van der Waals surface area contributed by atoms with Crippen molar-refractivity contribution in [3.8, 4) is 11.5 Å². The lowest BCUT2D eigenvalue weighted by Crippen LogP contribution is -2.15. The molecule has 20 heavy (non-hydrogen) atoms. The van der Waals surface area contributed by atoms with Gasteiger partial charge in [0.15, 0.2) is 0 Å². The second-order valence-electron chi connectivity index (χ2n) is 4.51. The number of methoxy groups -OCH3 is 2. The molecule has 106 valence electrons. The van der Waals surface area contributed by atoms with Crippen molar-refractivity contribution >= 4 is 0 Å². The molecule has 1 aromatic carbocycles. The van der Waals surface area contributed by atoms with E-state index in [4.69, 9.17) is 15.2 Å². The predicted octanol–water partition coefficient (Wildman–Crippen LogP) is 2.71. The van der Waals surface area contributed by atoms with Crippen molar-refractivity contribution < 1.29 is 9.47 Å². The van der Waals surface area contributed by atoms with Crippen LogP contribution in [0, 0.1) is 0 Å². The van der Waals surface area contributed by atoms with E-state index >= 15 is 0 Å². The highest BCUT2D eigenvalue weighted by atomic mass is 16.5. The van der Waals surface area contributed by atoms with Crippen LogP contribution in [0.25, 0.3) is 0 Å².